The van der Waals surface area contributed by atoms with Crippen molar-refractivity contribution < 1.29 is 4.42 Å². The van der Waals surface area contributed by atoms with E-state index < -0.39 is 0 Å². The van der Waals surface area contributed by atoms with E-state index in [9.17, 15) is 0 Å². The Labute approximate surface area is 310 Å². The SMILES string of the molecule is c1ccc2c(-c3ccc(N(c4ccc(-c5cc6ccccc6c6c5oc5ccccc56)cc4)c4ccc5c(c4)sc4ccccc45)cc3)cccc2c1. The predicted molar refractivity (Wildman–Crippen MR) is 227 cm³/mol. The molecule has 0 radical (unpaired) electrons. The van der Waals surface area contributed by atoms with Gasteiger partial charge in [-0.05, 0) is 92.8 Å². The summed E-state index contributed by atoms with van der Waals surface area (Å²) in [5.41, 5.74) is 9.81. The van der Waals surface area contributed by atoms with Crippen LogP contribution in [-0.4, -0.2) is 0 Å². The first-order valence-electron chi connectivity index (χ1n) is 18.0. The number of para-hydroxylation sites is 1. The maximum Gasteiger partial charge on any atom is 0.143 e. The Balaban J connectivity index is 1.06. The number of furan rings is 1. The van der Waals surface area contributed by atoms with Gasteiger partial charge in [0.1, 0.15) is 11.2 Å². The molecule has 0 aliphatic carbocycles. The minimum Gasteiger partial charge on any atom is -0.455 e. The quantitative estimate of drug-likeness (QED) is 0.178. The van der Waals surface area contributed by atoms with Crippen LogP contribution in [0.2, 0.25) is 0 Å². The molecular formula is C50H31NOS. The summed E-state index contributed by atoms with van der Waals surface area (Å²) >= 11 is 1.85. The first-order valence-corrected chi connectivity index (χ1v) is 18.8. The molecule has 248 valence electrons. The highest BCUT2D eigenvalue weighted by Gasteiger charge is 2.19. The summed E-state index contributed by atoms with van der Waals surface area (Å²) < 4.78 is 9.18. The summed E-state index contributed by atoms with van der Waals surface area (Å²) in [7, 11) is 0. The van der Waals surface area contributed by atoms with Crippen LogP contribution in [0, 0.1) is 0 Å². The van der Waals surface area contributed by atoms with Crippen molar-refractivity contribution in [2.24, 2.45) is 0 Å². The van der Waals surface area contributed by atoms with Crippen LogP contribution < -0.4 is 4.90 Å². The van der Waals surface area contributed by atoms with E-state index in [1.165, 1.54) is 58.2 Å². The molecule has 0 saturated heterocycles. The molecule has 0 saturated carbocycles. The van der Waals surface area contributed by atoms with E-state index in [0.29, 0.717) is 0 Å². The van der Waals surface area contributed by atoms with Crippen molar-refractivity contribution in [3.05, 3.63) is 188 Å². The summed E-state index contributed by atoms with van der Waals surface area (Å²) in [4.78, 5) is 2.37. The molecule has 0 amide bonds. The van der Waals surface area contributed by atoms with E-state index in [0.717, 1.165) is 44.7 Å². The zero-order chi connectivity index (χ0) is 34.9. The van der Waals surface area contributed by atoms with Gasteiger partial charge in [0, 0.05) is 53.6 Å². The smallest absolute Gasteiger partial charge is 0.143 e. The van der Waals surface area contributed by atoms with E-state index in [-0.39, 0.29) is 0 Å². The molecule has 0 spiro atoms. The number of fused-ring (bicyclic) bond motifs is 9. The number of thiophene rings is 1. The van der Waals surface area contributed by atoms with Crippen molar-refractivity contribution in [1.29, 1.82) is 0 Å². The molecule has 9 aromatic carbocycles. The summed E-state index contributed by atoms with van der Waals surface area (Å²) in [6.45, 7) is 0. The molecule has 0 N–H and O–H groups in total. The zero-order valence-corrected chi connectivity index (χ0v) is 29.5. The van der Waals surface area contributed by atoms with Gasteiger partial charge in [0.2, 0.25) is 0 Å². The van der Waals surface area contributed by atoms with Crippen LogP contribution in [0.25, 0.3) is 85.9 Å². The Morgan fingerprint density at radius 2 is 0.962 bits per heavy atom. The summed E-state index contributed by atoms with van der Waals surface area (Å²) in [6.07, 6.45) is 0. The van der Waals surface area contributed by atoms with Gasteiger partial charge in [0.05, 0.1) is 0 Å². The third-order valence-electron chi connectivity index (χ3n) is 10.7. The lowest BCUT2D eigenvalue weighted by Gasteiger charge is -2.26. The number of hydrogen-bond acceptors (Lipinski definition) is 3. The highest BCUT2D eigenvalue weighted by Crippen LogP contribution is 2.44. The first-order chi connectivity index (χ1) is 26.3. The number of anilines is 3. The number of hydrogen-bond donors (Lipinski definition) is 0. The van der Waals surface area contributed by atoms with Gasteiger partial charge in [-0.2, -0.15) is 0 Å². The van der Waals surface area contributed by atoms with Gasteiger partial charge in [0.15, 0.2) is 0 Å². The molecule has 11 aromatic rings. The van der Waals surface area contributed by atoms with Crippen LogP contribution in [-0.2, 0) is 0 Å². The molecule has 2 nitrogen and oxygen atoms in total. The van der Waals surface area contributed by atoms with Crippen LogP contribution in [0.4, 0.5) is 17.1 Å². The van der Waals surface area contributed by atoms with E-state index in [4.69, 9.17) is 4.42 Å². The van der Waals surface area contributed by atoms with Crippen LogP contribution in [0.5, 0.6) is 0 Å². The molecule has 11 rings (SSSR count). The van der Waals surface area contributed by atoms with Crippen molar-refractivity contribution >= 4 is 92.1 Å². The third kappa shape index (κ3) is 4.86. The normalized spacial score (nSPS) is 11.8. The van der Waals surface area contributed by atoms with Gasteiger partial charge in [-0.15, -0.1) is 11.3 Å². The van der Waals surface area contributed by atoms with Crippen LogP contribution >= 0.6 is 11.3 Å². The Morgan fingerprint density at radius 3 is 1.75 bits per heavy atom. The minimum atomic E-state index is 0.909. The molecule has 0 unspecified atom stereocenters. The second-order valence-corrected chi connectivity index (χ2v) is 14.8. The van der Waals surface area contributed by atoms with Gasteiger partial charge in [0.25, 0.3) is 0 Å². The lowest BCUT2D eigenvalue weighted by atomic mass is 9.96. The standard InChI is InChI=1S/C50H31NOS/c1-3-13-39-32(10-1)12-9-17-40(39)33-20-24-36(25-21-33)51(38-28-29-43-42-15-6-8-19-47(42)53-48(43)31-38)37-26-22-34(23-27-37)45-30-35-11-2-4-14-41(35)49-44-16-5-7-18-46(44)52-50(45)49/h1-31H. The van der Waals surface area contributed by atoms with Gasteiger partial charge >= 0.3 is 0 Å². The van der Waals surface area contributed by atoms with E-state index in [1.54, 1.807) is 0 Å². The number of rotatable bonds is 5. The van der Waals surface area contributed by atoms with E-state index in [1.807, 2.05) is 17.4 Å². The lowest BCUT2D eigenvalue weighted by Crippen LogP contribution is -2.09. The van der Waals surface area contributed by atoms with Gasteiger partial charge in [-0.1, -0.05) is 133 Å². The maximum absolute atomic E-state index is 6.59. The highest BCUT2D eigenvalue weighted by atomic mass is 32.1. The Hall–Kier alpha value is -6.68. The molecule has 0 atom stereocenters. The zero-order valence-electron chi connectivity index (χ0n) is 28.7. The molecule has 3 heteroatoms. The molecular weight excluding hydrogens is 663 g/mol. The molecule has 0 fully saturated rings. The van der Waals surface area contributed by atoms with Crippen LogP contribution in [0.1, 0.15) is 0 Å². The average Bonchev–Trinajstić information content (AvgIpc) is 3.80. The topological polar surface area (TPSA) is 16.4 Å². The van der Waals surface area contributed by atoms with Gasteiger partial charge in [-0.25, -0.2) is 0 Å². The fraction of sp³-hybridized carbons (Fsp3) is 0. The monoisotopic (exact) mass is 693 g/mol. The van der Waals surface area contributed by atoms with Gasteiger partial charge < -0.3 is 9.32 Å². The van der Waals surface area contributed by atoms with Crippen molar-refractivity contribution in [3.63, 3.8) is 0 Å². The van der Waals surface area contributed by atoms with Crippen molar-refractivity contribution in [2.45, 2.75) is 0 Å². The first kappa shape index (κ1) is 30.0. The molecule has 2 heterocycles. The summed E-state index contributed by atoms with van der Waals surface area (Å²) in [6, 6.07) is 67.9. The molecule has 2 aromatic heterocycles. The second kappa shape index (κ2) is 11.9. The summed E-state index contributed by atoms with van der Waals surface area (Å²) in [5, 5.41) is 9.84. The fourth-order valence-electron chi connectivity index (χ4n) is 8.15. The maximum atomic E-state index is 6.59. The Kier molecular flexibility index (Phi) is 6.76. The molecule has 0 bridgehead atoms. The molecule has 0 aliphatic heterocycles. The second-order valence-electron chi connectivity index (χ2n) is 13.7. The lowest BCUT2D eigenvalue weighted by molar-refractivity contribution is 0.670. The number of benzene rings is 9. The third-order valence-corrected chi connectivity index (χ3v) is 11.8. The van der Waals surface area contributed by atoms with E-state index in [2.05, 4.69) is 187 Å². The fourth-order valence-corrected chi connectivity index (χ4v) is 9.29. The molecule has 0 aliphatic rings. The summed E-state index contributed by atoms with van der Waals surface area (Å²) in [5.74, 6) is 0. The predicted octanol–water partition coefficient (Wildman–Crippen LogP) is 15.1. The largest absolute Gasteiger partial charge is 0.455 e. The number of nitrogens with zero attached hydrogens (tertiary/aromatic N) is 1. The van der Waals surface area contributed by atoms with Crippen LogP contribution in [0.15, 0.2) is 192 Å². The Bertz CT molecular complexity index is 3160. The van der Waals surface area contributed by atoms with Crippen molar-refractivity contribution in [1.82, 2.24) is 0 Å². The van der Waals surface area contributed by atoms with Crippen molar-refractivity contribution in [2.75, 3.05) is 4.90 Å². The Morgan fingerprint density at radius 1 is 0.377 bits per heavy atom. The van der Waals surface area contributed by atoms with E-state index >= 15 is 0 Å². The van der Waals surface area contributed by atoms with Crippen molar-refractivity contribution in [3.8, 4) is 22.3 Å². The molecule has 53 heavy (non-hydrogen) atoms. The highest BCUT2D eigenvalue weighted by molar-refractivity contribution is 7.25. The average molecular weight is 694 g/mol. The van der Waals surface area contributed by atoms with Gasteiger partial charge in [-0.3, -0.25) is 0 Å². The van der Waals surface area contributed by atoms with Crippen LogP contribution in [0.3, 0.4) is 0 Å². The minimum absolute atomic E-state index is 0.909.